The Morgan fingerprint density at radius 3 is 2.56 bits per heavy atom. The fraction of sp³-hybridized carbons (Fsp3) is 0. The SMILES string of the molecule is NC(=O)c1[se]ccc1N. The van der Waals surface area contributed by atoms with Crippen LogP contribution in [0.2, 0.25) is 0 Å². The number of hydrogen-bond acceptors (Lipinski definition) is 2. The van der Waals surface area contributed by atoms with Crippen molar-refractivity contribution >= 4 is 26.1 Å². The quantitative estimate of drug-likeness (QED) is 0.580. The number of nitrogen functional groups attached to an aromatic ring is 1. The fourth-order valence-corrected chi connectivity index (χ4v) is 1.93. The molecule has 0 fully saturated rings. The molecule has 1 heterocycles. The number of anilines is 1. The molecular weight excluding hydrogens is 183 g/mol. The molecule has 0 saturated heterocycles. The summed E-state index contributed by atoms with van der Waals surface area (Å²) >= 11 is 0.0793. The van der Waals surface area contributed by atoms with E-state index in [9.17, 15) is 4.79 Å². The van der Waals surface area contributed by atoms with E-state index in [0.29, 0.717) is 10.1 Å². The molecule has 0 aliphatic heterocycles. The molecule has 1 aromatic heterocycles. The van der Waals surface area contributed by atoms with Crippen molar-refractivity contribution in [2.45, 2.75) is 0 Å². The molecule has 4 N–H and O–H groups in total. The summed E-state index contributed by atoms with van der Waals surface area (Å²) in [6, 6.07) is 1.72. The normalized spacial score (nSPS) is 9.33. The first-order valence-electron chi connectivity index (χ1n) is 2.34. The Morgan fingerprint density at radius 1 is 1.67 bits per heavy atom. The Labute approximate surface area is 58.4 Å². The molecule has 1 rings (SSSR count). The van der Waals surface area contributed by atoms with Gasteiger partial charge in [0.05, 0.1) is 0 Å². The summed E-state index contributed by atoms with van der Waals surface area (Å²) in [5.74, 6) is -0.391. The molecule has 1 aromatic rings. The van der Waals surface area contributed by atoms with Crippen molar-refractivity contribution in [3.05, 3.63) is 15.4 Å². The van der Waals surface area contributed by atoms with Crippen LogP contribution in [-0.2, 0) is 0 Å². The first-order valence-corrected chi connectivity index (χ1v) is 4.19. The van der Waals surface area contributed by atoms with Crippen LogP contribution in [0.5, 0.6) is 0 Å². The van der Waals surface area contributed by atoms with Crippen LogP contribution in [0.15, 0.2) is 11.0 Å². The van der Waals surface area contributed by atoms with Gasteiger partial charge in [-0.3, -0.25) is 0 Å². The van der Waals surface area contributed by atoms with E-state index in [2.05, 4.69) is 0 Å². The average Bonchev–Trinajstić information content (AvgIpc) is 2.13. The van der Waals surface area contributed by atoms with Crippen molar-refractivity contribution < 1.29 is 4.79 Å². The van der Waals surface area contributed by atoms with Crippen LogP contribution < -0.4 is 11.5 Å². The number of nitrogens with two attached hydrogens (primary N) is 2. The van der Waals surface area contributed by atoms with Gasteiger partial charge in [-0.2, -0.15) is 0 Å². The third kappa shape index (κ3) is 1.15. The van der Waals surface area contributed by atoms with Gasteiger partial charge in [-0.15, -0.1) is 0 Å². The summed E-state index contributed by atoms with van der Waals surface area (Å²) in [6.07, 6.45) is 0. The van der Waals surface area contributed by atoms with Crippen molar-refractivity contribution in [1.82, 2.24) is 0 Å². The molecule has 3 nitrogen and oxygen atoms in total. The summed E-state index contributed by atoms with van der Waals surface area (Å²) in [4.78, 5) is 12.3. The van der Waals surface area contributed by atoms with E-state index in [4.69, 9.17) is 11.5 Å². The molecule has 0 bridgehead atoms. The number of carbonyl (C=O) groups is 1. The molecule has 0 unspecified atom stereocenters. The minimum absolute atomic E-state index is 0.0793. The van der Waals surface area contributed by atoms with Gasteiger partial charge in [-0.05, 0) is 0 Å². The van der Waals surface area contributed by atoms with Crippen LogP contribution in [0.4, 0.5) is 5.69 Å². The number of hydrogen-bond donors (Lipinski definition) is 2. The van der Waals surface area contributed by atoms with Crippen LogP contribution in [0, 0.1) is 0 Å². The van der Waals surface area contributed by atoms with Gasteiger partial charge in [0.25, 0.3) is 0 Å². The van der Waals surface area contributed by atoms with Crippen LogP contribution >= 0.6 is 0 Å². The first kappa shape index (κ1) is 6.39. The zero-order chi connectivity index (χ0) is 6.85. The Hall–Kier alpha value is -0.731. The van der Waals surface area contributed by atoms with E-state index in [1.54, 1.807) is 6.07 Å². The van der Waals surface area contributed by atoms with E-state index >= 15 is 0 Å². The molecule has 0 aromatic carbocycles. The second-order valence-corrected chi connectivity index (χ2v) is 3.49. The van der Waals surface area contributed by atoms with Crippen molar-refractivity contribution in [2.75, 3.05) is 5.73 Å². The molecule has 9 heavy (non-hydrogen) atoms. The van der Waals surface area contributed by atoms with Crippen LogP contribution in [-0.4, -0.2) is 20.4 Å². The van der Waals surface area contributed by atoms with Gasteiger partial charge in [-0.25, -0.2) is 0 Å². The predicted octanol–water partition coefficient (Wildman–Crippen LogP) is -0.575. The zero-order valence-corrected chi connectivity index (χ0v) is 6.34. The molecule has 0 atom stereocenters. The van der Waals surface area contributed by atoms with Gasteiger partial charge in [0.2, 0.25) is 0 Å². The van der Waals surface area contributed by atoms with E-state index < -0.39 is 5.91 Å². The Kier molecular flexibility index (Phi) is 1.60. The standard InChI is InChI=1S/C5H6N2OSe/c6-3-1-2-9-4(3)5(7)8/h1-2H,6H2,(H2,7,8). The Morgan fingerprint density at radius 2 is 2.33 bits per heavy atom. The predicted molar refractivity (Wildman–Crippen MR) is 36.3 cm³/mol. The van der Waals surface area contributed by atoms with E-state index in [1.807, 2.05) is 4.94 Å². The van der Waals surface area contributed by atoms with Gasteiger partial charge < -0.3 is 0 Å². The molecule has 0 radical (unpaired) electrons. The van der Waals surface area contributed by atoms with Crippen molar-refractivity contribution in [3.8, 4) is 0 Å². The first-order chi connectivity index (χ1) is 4.22. The second-order valence-electron chi connectivity index (χ2n) is 1.57. The minimum atomic E-state index is -0.391. The third-order valence-electron chi connectivity index (χ3n) is 0.919. The molecule has 0 aliphatic rings. The summed E-state index contributed by atoms with van der Waals surface area (Å²) in [5.41, 5.74) is 10.9. The molecular formula is C5H6N2OSe. The monoisotopic (exact) mass is 190 g/mol. The van der Waals surface area contributed by atoms with E-state index in [0.717, 1.165) is 0 Å². The van der Waals surface area contributed by atoms with E-state index in [1.165, 1.54) is 0 Å². The number of rotatable bonds is 1. The van der Waals surface area contributed by atoms with Gasteiger partial charge in [-0.1, -0.05) is 0 Å². The van der Waals surface area contributed by atoms with E-state index in [-0.39, 0.29) is 14.5 Å². The van der Waals surface area contributed by atoms with Crippen molar-refractivity contribution in [3.63, 3.8) is 0 Å². The molecule has 1 amide bonds. The molecule has 48 valence electrons. The Bertz CT molecular complexity index is 231. The van der Waals surface area contributed by atoms with Crippen LogP contribution in [0.3, 0.4) is 0 Å². The van der Waals surface area contributed by atoms with Gasteiger partial charge in [0, 0.05) is 0 Å². The number of carbonyl (C=O) groups excluding carboxylic acids is 1. The molecule has 0 saturated carbocycles. The maximum atomic E-state index is 10.5. The van der Waals surface area contributed by atoms with Gasteiger partial charge in [0.15, 0.2) is 0 Å². The Balaban J connectivity index is 3.08. The zero-order valence-electron chi connectivity index (χ0n) is 4.63. The van der Waals surface area contributed by atoms with Gasteiger partial charge >= 0.3 is 57.8 Å². The average molecular weight is 189 g/mol. The summed E-state index contributed by atoms with van der Waals surface area (Å²) in [6.45, 7) is 0. The number of amides is 1. The van der Waals surface area contributed by atoms with Crippen molar-refractivity contribution in [2.24, 2.45) is 5.73 Å². The maximum absolute atomic E-state index is 10.5. The summed E-state index contributed by atoms with van der Waals surface area (Å²) in [5, 5.41) is 0. The molecule has 0 spiro atoms. The van der Waals surface area contributed by atoms with Gasteiger partial charge in [0.1, 0.15) is 0 Å². The third-order valence-corrected chi connectivity index (χ3v) is 2.90. The second kappa shape index (κ2) is 2.25. The van der Waals surface area contributed by atoms with Crippen LogP contribution in [0.25, 0.3) is 0 Å². The summed E-state index contributed by atoms with van der Waals surface area (Å²) in [7, 11) is 0. The number of primary amides is 1. The fourth-order valence-electron chi connectivity index (χ4n) is 0.519. The molecule has 0 aliphatic carbocycles. The summed E-state index contributed by atoms with van der Waals surface area (Å²) < 4.78 is 0.586. The molecule has 4 heteroatoms. The van der Waals surface area contributed by atoms with Crippen LogP contribution in [0.1, 0.15) is 9.23 Å². The van der Waals surface area contributed by atoms with Crippen molar-refractivity contribution in [1.29, 1.82) is 0 Å². The topological polar surface area (TPSA) is 69.1 Å².